The fourth-order valence-electron chi connectivity index (χ4n) is 2.14. The van der Waals surface area contributed by atoms with Crippen molar-refractivity contribution in [1.82, 2.24) is 5.32 Å². The zero-order valence-corrected chi connectivity index (χ0v) is 12.8. The molecule has 2 aromatic rings. The molecule has 0 heterocycles. The van der Waals surface area contributed by atoms with E-state index in [9.17, 15) is 23.5 Å². The Balaban J connectivity index is 2.22. The van der Waals surface area contributed by atoms with E-state index in [-0.39, 0.29) is 5.56 Å². The Morgan fingerprint density at radius 1 is 1.17 bits per heavy atom. The van der Waals surface area contributed by atoms with Gasteiger partial charge in [-0.1, -0.05) is 12.1 Å². The second kappa shape index (κ2) is 7.65. The van der Waals surface area contributed by atoms with E-state index in [1.54, 1.807) is 12.1 Å². The van der Waals surface area contributed by atoms with Crippen LogP contribution in [0.3, 0.4) is 0 Å². The van der Waals surface area contributed by atoms with Gasteiger partial charge in [0.15, 0.2) is 6.04 Å². The summed E-state index contributed by atoms with van der Waals surface area (Å²) in [5.74, 6) is -3.92. The minimum atomic E-state index is -1.70. The number of carbonyl (C=O) groups is 2. The van der Waals surface area contributed by atoms with Crippen LogP contribution >= 0.6 is 0 Å². The lowest BCUT2D eigenvalue weighted by Gasteiger charge is -2.16. The highest BCUT2D eigenvalue weighted by Gasteiger charge is 2.26. The number of aliphatic carboxylic acids is 1. The quantitative estimate of drug-likeness (QED) is 0.851. The molecule has 7 heteroatoms. The molecule has 0 aliphatic rings. The standard InChI is InChI=1S/C17H15F2NO4/c1-24-9-10-2-4-11(5-3-10)16(21)20-15(17(22)23)13-8-12(18)6-7-14(13)19/h2-8,15H,9H2,1H3,(H,20,21)(H,22,23). The molecule has 0 fully saturated rings. The predicted octanol–water partition coefficient (Wildman–Crippen LogP) is 2.67. The van der Waals surface area contributed by atoms with E-state index in [4.69, 9.17) is 4.74 Å². The van der Waals surface area contributed by atoms with Crippen molar-refractivity contribution in [3.8, 4) is 0 Å². The van der Waals surface area contributed by atoms with E-state index in [1.807, 2.05) is 0 Å². The van der Waals surface area contributed by atoms with E-state index in [1.165, 1.54) is 19.2 Å². The maximum atomic E-state index is 13.8. The number of carboxylic acid groups (broad SMARTS) is 1. The molecule has 126 valence electrons. The molecule has 1 amide bonds. The predicted molar refractivity (Wildman–Crippen MR) is 81.4 cm³/mol. The molecule has 0 aliphatic heterocycles. The third kappa shape index (κ3) is 4.14. The topological polar surface area (TPSA) is 75.6 Å². The summed E-state index contributed by atoms with van der Waals surface area (Å²) in [6.07, 6.45) is 0. The Labute approximate surface area is 136 Å². The van der Waals surface area contributed by atoms with Crippen LogP contribution in [0.15, 0.2) is 42.5 Å². The summed E-state index contributed by atoms with van der Waals surface area (Å²) < 4.78 is 32.0. The Kier molecular flexibility index (Phi) is 5.59. The number of carbonyl (C=O) groups excluding carboxylic acids is 1. The van der Waals surface area contributed by atoms with Gasteiger partial charge in [-0.2, -0.15) is 0 Å². The SMILES string of the molecule is COCc1ccc(C(=O)NC(C(=O)O)c2cc(F)ccc2F)cc1. The van der Waals surface area contributed by atoms with Gasteiger partial charge in [-0.3, -0.25) is 4.79 Å². The summed E-state index contributed by atoms with van der Waals surface area (Å²) in [7, 11) is 1.53. The molecule has 5 nitrogen and oxygen atoms in total. The van der Waals surface area contributed by atoms with Crippen LogP contribution in [0.25, 0.3) is 0 Å². The van der Waals surface area contributed by atoms with E-state index >= 15 is 0 Å². The van der Waals surface area contributed by atoms with Crippen molar-refractivity contribution in [2.24, 2.45) is 0 Å². The summed E-state index contributed by atoms with van der Waals surface area (Å²) in [6, 6.07) is 7.01. The largest absolute Gasteiger partial charge is 0.479 e. The van der Waals surface area contributed by atoms with Gasteiger partial charge in [0.25, 0.3) is 5.91 Å². The second-order valence-electron chi connectivity index (χ2n) is 5.04. The van der Waals surface area contributed by atoms with Gasteiger partial charge < -0.3 is 15.2 Å². The molecular formula is C17H15F2NO4. The van der Waals surface area contributed by atoms with E-state index in [0.29, 0.717) is 6.61 Å². The van der Waals surface area contributed by atoms with Gasteiger partial charge in [0.2, 0.25) is 0 Å². The molecule has 2 rings (SSSR count). The lowest BCUT2D eigenvalue weighted by Crippen LogP contribution is -2.34. The lowest BCUT2D eigenvalue weighted by atomic mass is 10.0. The minimum absolute atomic E-state index is 0.193. The highest BCUT2D eigenvalue weighted by Crippen LogP contribution is 2.19. The van der Waals surface area contributed by atoms with Crippen molar-refractivity contribution < 1.29 is 28.2 Å². The van der Waals surface area contributed by atoms with Crippen molar-refractivity contribution >= 4 is 11.9 Å². The van der Waals surface area contributed by atoms with Crippen LogP contribution in [-0.2, 0) is 16.1 Å². The number of nitrogens with one attached hydrogen (secondary N) is 1. The third-order valence-corrected chi connectivity index (χ3v) is 3.32. The lowest BCUT2D eigenvalue weighted by molar-refractivity contribution is -0.139. The summed E-state index contributed by atoms with van der Waals surface area (Å²) in [6.45, 7) is 0.369. The number of hydrogen-bond donors (Lipinski definition) is 2. The van der Waals surface area contributed by atoms with Crippen LogP contribution in [0, 0.1) is 11.6 Å². The molecule has 2 N–H and O–H groups in total. The maximum Gasteiger partial charge on any atom is 0.331 e. The van der Waals surface area contributed by atoms with Gasteiger partial charge in [-0.25, -0.2) is 13.6 Å². The normalized spacial score (nSPS) is 11.8. The summed E-state index contributed by atoms with van der Waals surface area (Å²) in [5, 5.41) is 11.4. The smallest absolute Gasteiger partial charge is 0.331 e. The van der Waals surface area contributed by atoms with E-state index in [0.717, 1.165) is 23.8 Å². The monoisotopic (exact) mass is 335 g/mol. The molecule has 0 radical (unpaired) electrons. The van der Waals surface area contributed by atoms with Gasteiger partial charge in [0.05, 0.1) is 6.61 Å². The van der Waals surface area contributed by atoms with Gasteiger partial charge >= 0.3 is 5.97 Å². The van der Waals surface area contributed by atoms with Crippen LogP contribution in [0.2, 0.25) is 0 Å². The van der Waals surface area contributed by atoms with Crippen molar-refractivity contribution in [2.45, 2.75) is 12.6 Å². The molecule has 0 aromatic heterocycles. The Morgan fingerprint density at radius 3 is 2.42 bits per heavy atom. The van der Waals surface area contributed by atoms with E-state index < -0.39 is 35.1 Å². The average molecular weight is 335 g/mol. The number of methoxy groups -OCH3 is 1. The fourth-order valence-corrected chi connectivity index (χ4v) is 2.14. The maximum absolute atomic E-state index is 13.8. The molecule has 0 bridgehead atoms. The number of rotatable bonds is 6. The first-order chi connectivity index (χ1) is 11.4. The summed E-state index contributed by atoms with van der Waals surface area (Å²) in [4.78, 5) is 23.5. The number of carboxylic acids is 1. The summed E-state index contributed by atoms with van der Waals surface area (Å²) in [5.41, 5.74) is 0.574. The molecule has 0 spiro atoms. The Morgan fingerprint density at radius 2 is 1.83 bits per heavy atom. The van der Waals surface area contributed by atoms with Crippen LogP contribution in [0.5, 0.6) is 0 Å². The Hall–Kier alpha value is -2.80. The van der Waals surface area contributed by atoms with Gasteiger partial charge in [0, 0.05) is 18.2 Å². The first kappa shape index (κ1) is 17.6. The Bertz CT molecular complexity index is 747. The molecule has 0 saturated heterocycles. The molecule has 1 atom stereocenters. The summed E-state index contributed by atoms with van der Waals surface area (Å²) >= 11 is 0. The fraction of sp³-hybridized carbons (Fsp3) is 0.176. The number of halogens is 2. The highest BCUT2D eigenvalue weighted by atomic mass is 19.1. The van der Waals surface area contributed by atoms with Crippen LogP contribution < -0.4 is 5.32 Å². The highest BCUT2D eigenvalue weighted by molar-refractivity contribution is 5.96. The molecule has 0 aliphatic carbocycles. The van der Waals surface area contributed by atoms with Crippen molar-refractivity contribution in [1.29, 1.82) is 0 Å². The van der Waals surface area contributed by atoms with Crippen molar-refractivity contribution in [3.63, 3.8) is 0 Å². The zero-order valence-electron chi connectivity index (χ0n) is 12.8. The minimum Gasteiger partial charge on any atom is -0.479 e. The number of benzene rings is 2. The van der Waals surface area contributed by atoms with Crippen molar-refractivity contribution in [3.05, 3.63) is 70.8 Å². The van der Waals surface area contributed by atoms with Gasteiger partial charge in [-0.05, 0) is 35.9 Å². The number of ether oxygens (including phenoxy) is 1. The van der Waals surface area contributed by atoms with Crippen LogP contribution in [0.1, 0.15) is 27.5 Å². The molecule has 24 heavy (non-hydrogen) atoms. The number of hydrogen-bond acceptors (Lipinski definition) is 3. The molecule has 0 saturated carbocycles. The van der Waals surface area contributed by atoms with Crippen LogP contribution in [0.4, 0.5) is 8.78 Å². The van der Waals surface area contributed by atoms with E-state index in [2.05, 4.69) is 5.32 Å². The average Bonchev–Trinajstić information content (AvgIpc) is 2.55. The van der Waals surface area contributed by atoms with Gasteiger partial charge in [0.1, 0.15) is 11.6 Å². The second-order valence-corrected chi connectivity index (χ2v) is 5.04. The zero-order chi connectivity index (χ0) is 17.7. The van der Waals surface area contributed by atoms with Gasteiger partial charge in [-0.15, -0.1) is 0 Å². The van der Waals surface area contributed by atoms with Crippen LogP contribution in [-0.4, -0.2) is 24.1 Å². The molecule has 2 aromatic carbocycles. The third-order valence-electron chi connectivity index (χ3n) is 3.32. The first-order valence-electron chi connectivity index (χ1n) is 6.99. The molecule has 1 unspecified atom stereocenters. The molecular weight excluding hydrogens is 320 g/mol. The first-order valence-corrected chi connectivity index (χ1v) is 6.99. The number of amides is 1. The van der Waals surface area contributed by atoms with Crippen molar-refractivity contribution in [2.75, 3.05) is 7.11 Å².